The summed E-state index contributed by atoms with van der Waals surface area (Å²) in [4.78, 5) is 14.4. The number of halogens is 2. The summed E-state index contributed by atoms with van der Waals surface area (Å²) in [5.74, 6) is 0.224. The third-order valence-corrected chi connectivity index (χ3v) is 3.38. The standard InChI is InChI=1S/C13H7Cl2N3O3/c14-6-3-9(15)12-11(4-6)17-13(21-12)8-2-1-7(18(19)20)5-10(8)16/h1-5H,16H2. The van der Waals surface area contributed by atoms with Gasteiger partial charge in [0.1, 0.15) is 5.52 Å². The number of aromatic nitrogens is 1. The third kappa shape index (κ3) is 2.39. The molecule has 2 aromatic carbocycles. The molecule has 0 fully saturated rings. The van der Waals surface area contributed by atoms with Crippen molar-refractivity contribution in [3.8, 4) is 11.5 Å². The van der Waals surface area contributed by atoms with Gasteiger partial charge in [-0.15, -0.1) is 0 Å². The topological polar surface area (TPSA) is 95.2 Å². The molecular formula is C13H7Cl2N3O3. The van der Waals surface area contributed by atoms with Gasteiger partial charge in [-0.1, -0.05) is 23.2 Å². The Morgan fingerprint density at radius 3 is 2.67 bits per heavy atom. The van der Waals surface area contributed by atoms with Gasteiger partial charge in [0.05, 0.1) is 21.2 Å². The first-order chi connectivity index (χ1) is 9.95. The lowest BCUT2D eigenvalue weighted by Gasteiger charge is -2.00. The van der Waals surface area contributed by atoms with Crippen molar-refractivity contribution >= 4 is 45.7 Å². The van der Waals surface area contributed by atoms with Crippen LogP contribution in [0.3, 0.4) is 0 Å². The van der Waals surface area contributed by atoms with Gasteiger partial charge in [-0.25, -0.2) is 4.98 Å². The summed E-state index contributed by atoms with van der Waals surface area (Å²) in [6.45, 7) is 0. The van der Waals surface area contributed by atoms with E-state index >= 15 is 0 Å². The molecule has 0 radical (unpaired) electrons. The molecule has 0 aliphatic rings. The van der Waals surface area contributed by atoms with Gasteiger partial charge in [0.25, 0.3) is 5.69 Å². The van der Waals surface area contributed by atoms with Gasteiger partial charge < -0.3 is 10.2 Å². The van der Waals surface area contributed by atoms with E-state index in [1.807, 2.05) is 0 Å². The highest BCUT2D eigenvalue weighted by Crippen LogP contribution is 2.34. The van der Waals surface area contributed by atoms with Gasteiger partial charge in [0.2, 0.25) is 5.89 Å². The fourth-order valence-corrected chi connectivity index (χ4v) is 2.45. The van der Waals surface area contributed by atoms with Crippen LogP contribution in [0.5, 0.6) is 0 Å². The number of nitrogen functional groups attached to an aromatic ring is 1. The monoisotopic (exact) mass is 323 g/mol. The summed E-state index contributed by atoms with van der Waals surface area (Å²) in [6.07, 6.45) is 0. The second-order valence-electron chi connectivity index (χ2n) is 4.28. The Bertz CT molecular complexity index is 876. The summed E-state index contributed by atoms with van der Waals surface area (Å²) in [6, 6.07) is 7.21. The zero-order valence-corrected chi connectivity index (χ0v) is 11.9. The summed E-state index contributed by atoms with van der Waals surface area (Å²) in [7, 11) is 0. The number of nitrogens with two attached hydrogens (primary N) is 1. The Balaban J connectivity index is 2.17. The predicted octanol–water partition coefficient (Wildman–Crippen LogP) is 4.29. The molecule has 6 nitrogen and oxygen atoms in total. The molecule has 0 unspecified atom stereocenters. The Labute approximate surface area is 128 Å². The number of nitro benzene ring substituents is 1. The number of hydrogen-bond donors (Lipinski definition) is 1. The number of benzene rings is 2. The molecule has 0 saturated heterocycles. The number of hydrogen-bond acceptors (Lipinski definition) is 5. The fourth-order valence-electron chi connectivity index (χ4n) is 1.93. The number of nitro groups is 1. The maximum atomic E-state index is 10.7. The maximum absolute atomic E-state index is 10.7. The minimum atomic E-state index is -0.525. The fraction of sp³-hybridized carbons (Fsp3) is 0. The summed E-state index contributed by atoms with van der Waals surface area (Å²) in [5, 5.41) is 11.5. The predicted molar refractivity (Wildman–Crippen MR) is 80.5 cm³/mol. The second-order valence-corrected chi connectivity index (χ2v) is 5.13. The van der Waals surface area contributed by atoms with E-state index in [1.54, 1.807) is 12.1 Å². The molecule has 0 aliphatic heterocycles. The van der Waals surface area contributed by atoms with Crippen molar-refractivity contribution in [1.82, 2.24) is 4.98 Å². The summed E-state index contributed by atoms with van der Waals surface area (Å²) < 4.78 is 5.57. The second kappa shape index (κ2) is 4.91. The van der Waals surface area contributed by atoms with Crippen LogP contribution in [0.25, 0.3) is 22.6 Å². The third-order valence-electron chi connectivity index (χ3n) is 2.89. The highest BCUT2D eigenvalue weighted by molar-refractivity contribution is 6.38. The average Bonchev–Trinajstić information content (AvgIpc) is 2.82. The number of nitrogens with zero attached hydrogens (tertiary/aromatic N) is 2. The van der Waals surface area contributed by atoms with E-state index in [1.165, 1.54) is 18.2 Å². The zero-order valence-electron chi connectivity index (χ0n) is 10.3. The van der Waals surface area contributed by atoms with E-state index in [-0.39, 0.29) is 17.3 Å². The first-order valence-corrected chi connectivity index (χ1v) is 6.51. The van der Waals surface area contributed by atoms with Crippen molar-refractivity contribution in [3.05, 3.63) is 50.5 Å². The number of rotatable bonds is 2. The molecule has 0 atom stereocenters. The molecule has 0 aliphatic carbocycles. The molecule has 1 aromatic heterocycles. The van der Waals surface area contributed by atoms with Crippen molar-refractivity contribution in [2.75, 3.05) is 5.73 Å². The van der Waals surface area contributed by atoms with Crippen LogP contribution < -0.4 is 5.73 Å². The van der Waals surface area contributed by atoms with Gasteiger partial charge in [-0.05, 0) is 18.2 Å². The first kappa shape index (κ1) is 13.7. The van der Waals surface area contributed by atoms with Crippen LogP contribution in [-0.4, -0.2) is 9.91 Å². The van der Waals surface area contributed by atoms with Crippen LogP contribution in [0, 0.1) is 10.1 Å². The van der Waals surface area contributed by atoms with E-state index in [0.29, 0.717) is 26.7 Å². The quantitative estimate of drug-likeness (QED) is 0.431. The van der Waals surface area contributed by atoms with Crippen molar-refractivity contribution in [2.45, 2.75) is 0 Å². The van der Waals surface area contributed by atoms with Crippen LogP contribution in [0.15, 0.2) is 34.7 Å². The van der Waals surface area contributed by atoms with E-state index in [9.17, 15) is 10.1 Å². The Kier molecular flexibility index (Phi) is 3.19. The van der Waals surface area contributed by atoms with Gasteiger partial charge in [0, 0.05) is 17.2 Å². The van der Waals surface area contributed by atoms with Crippen molar-refractivity contribution in [3.63, 3.8) is 0 Å². The Morgan fingerprint density at radius 2 is 2.00 bits per heavy atom. The van der Waals surface area contributed by atoms with Gasteiger partial charge >= 0.3 is 0 Å². The lowest BCUT2D eigenvalue weighted by molar-refractivity contribution is -0.384. The van der Waals surface area contributed by atoms with Crippen molar-refractivity contribution in [2.24, 2.45) is 0 Å². The van der Waals surface area contributed by atoms with Crippen LogP contribution >= 0.6 is 23.2 Å². The van der Waals surface area contributed by atoms with Crippen molar-refractivity contribution < 1.29 is 9.34 Å². The van der Waals surface area contributed by atoms with Gasteiger partial charge in [0.15, 0.2) is 5.58 Å². The molecule has 1 heterocycles. The molecule has 0 amide bonds. The molecule has 0 saturated carbocycles. The number of fused-ring (bicyclic) bond motifs is 1. The molecule has 8 heteroatoms. The molecule has 0 bridgehead atoms. The van der Waals surface area contributed by atoms with E-state index in [0.717, 1.165) is 0 Å². The van der Waals surface area contributed by atoms with E-state index < -0.39 is 4.92 Å². The minimum Gasteiger partial charge on any atom is -0.434 e. The smallest absolute Gasteiger partial charge is 0.271 e. The number of oxazole rings is 1. The van der Waals surface area contributed by atoms with E-state index in [2.05, 4.69) is 4.98 Å². The van der Waals surface area contributed by atoms with Crippen LogP contribution in [0.4, 0.5) is 11.4 Å². The van der Waals surface area contributed by atoms with Gasteiger partial charge in [-0.3, -0.25) is 10.1 Å². The number of non-ortho nitro benzene ring substituents is 1. The molecule has 3 rings (SSSR count). The van der Waals surface area contributed by atoms with Crippen molar-refractivity contribution in [1.29, 1.82) is 0 Å². The first-order valence-electron chi connectivity index (χ1n) is 5.75. The van der Waals surface area contributed by atoms with Crippen LogP contribution in [-0.2, 0) is 0 Å². The molecule has 21 heavy (non-hydrogen) atoms. The normalized spacial score (nSPS) is 11.0. The SMILES string of the molecule is Nc1cc([N+](=O)[O-])ccc1-c1nc2cc(Cl)cc(Cl)c2o1. The molecule has 2 N–H and O–H groups in total. The zero-order chi connectivity index (χ0) is 15.1. The maximum Gasteiger partial charge on any atom is 0.271 e. The van der Waals surface area contributed by atoms with Gasteiger partial charge in [-0.2, -0.15) is 0 Å². The minimum absolute atomic E-state index is 0.103. The highest BCUT2D eigenvalue weighted by atomic mass is 35.5. The molecular weight excluding hydrogens is 317 g/mol. The number of anilines is 1. The summed E-state index contributed by atoms with van der Waals surface area (Å²) in [5.41, 5.74) is 7.22. The molecule has 0 spiro atoms. The average molecular weight is 324 g/mol. The Hall–Kier alpha value is -2.31. The van der Waals surface area contributed by atoms with Crippen LogP contribution in [0.1, 0.15) is 0 Å². The molecule has 3 aromatic rings. The lowest BCUT2D eigenvalue weighted by atomic mass is 10.1. The molecule has 106 valence electrons. The highest BCUT2D eigenvalue weighted by Gasteiger charge is 2.16. The van der Waals surface area contributed by atoms with Crippen LogP contribution in [0.2, 0.25) is 10.0 Å². The lowest BCUT2D eigenvalue weighted by Crippen LogP contribution is -1.94. The Morgan fingerprint density at radius 1 is 1.24 bits per heavy atom. The summed E-state index contributed by atoms with van der Waals surface area (Å²) >= 11 is 11.9. The van der Waals surface area contributed by atoms with E-state index in [4.69, 9.17) is 33.4 Å². The largest absolute Gasteiger partial charge is 0.434 e.